The Kier molecular flexibility index (Phi) is 4.64. The van der Waals surface area contributed by atoms with E-state index in [0.29, 0.717) is 4.47 Å². The molecule has 0 bridgehead atoms. The third kappa shape index (κ3) is 3.45. The number of fused-ring (bicyclic) bond motifs is 1. The van der Waals surface area contributed by atoms with Crippen molar-refractivity contribution in [3.05, 3.63) is 33.8 Å². The fourth-order valence-electron chi connectivity index (χ4n) is 2.36. The van der Waals surface area contributed by atoms with Gasteiger partial charge in [0, 0.05) is 4.47 Å². The van der Waals surface area contributed by atoms with Crippen LogP contribution in [0.1, 0.15) is 48.4 Å². The first-order valence-corrected chi connectivity index (χ1v) is 7.90. The first-order valence-electron chi connectivity index (χ1n) is 7.11. The molecule has 1 aromatic rings. The van der Waals surface area contributed by atoms with E-state index in [1.807, 2.05) is 0 Å². The highest BCUT2D eigenvalue weighted by atomic mass is 79.9. The minimum Gasteiger partial charge on any atom is -0.458 e. The minimum absolute atomic E-state index is 0.193. The molecule has 0 aromatic heterocycles. The molecule has 124 valence electrons. The highest BCUT2D eigenvalue weighted by Gasteiger charge is 2.46. The SMILES string of the molecule is C[C@@H](O)[C@@H](C(=O)OC(C)(C)C)N1C(=O)c2ccc(Br)cc2C1=O. The third-order valence-electron chi connectivity index (χ3n) is 3.26. The molecular weight excluding hydrogens is 366 g/mol. The number of aliphatic hydroxyl groups is 1. The van der Waals surface area contributed by atoms with E-state index < -0.39 is 35.5 Å². The Balaban J connectivity index is 2.40. The van der Waals surface area contributed by atoms with Crippen LogP contribution in [0.3, 0.4) is 0 Å². The van der Waals surface area contributed by atoms with Gasteiger partial charge in [0.25, 0.3) is 11.8 Å². The van der Waals surface area contributed by atoms with Crippen LogP contribution >= 0.6 is 15.9 Å². The molecule has 0 saturated carbocycles. The number of carbonyl (C=O) groups excluding carboxylic acids is 3. The summed E-state index contributed by atoms with van der Waals surface area (Å²) in [6, 6.07) is 3.27. The Hall–Kier alpha value is -1.73. The monoisotopic (exact) mass is 383 g/mol. The molecule has 0 aliphatic carbocycles. The Bertz CT molecular complexity index is 678. The van der Waals surface area contributed by atoms with E-state index in [1.54, 1.807) is 26.8 Å². The Labute approximate surface area is 142 Å². The summed E-state index contributed by atoms with van der Waals surface area (Å²) in [4.78, 5) is 38.2. The largest absolute Gasteiger partial charge is 0.458 e. The number of nitrogens with zero attached hydrogens (tertiary/aromatic N) is 1. The number of imide groups is 1. The quantitative estimate of drug-likeness (QED) is 0.638. The van der Waals surface area contributed by atoms with Crippen molar-refractivity contribution in [1.82, 2.24) is 4.90 Å². The molecule has 1 aliphatic rings. The molecule has 1 aliphatic heterocycles. The predicted octanol–water partition coefficient (Wildman–Crippen LogP) is 2.14. The number of hydrogen-bond donors (Lipinski definition) is 1. The lowest BCUT2D eigenvalue weighted by Crippen LogP contribution is -2.52. The molecule has 0 spiro atoms. The highest BCUT2D eigenvalue weighted by Crippen LogP contribution is 2.29. The maximum atomic E-state index is 12.5. The van der Waals surface area contributed by atoms with E-state index in [0.717, 1.165) is 4.90 Å². The number of rotatable bonds is 3. The lowest BCUT2D eigenvalue weighted by molar-refractivity contribution is -0.163. The van der Waals surface area contributed by atoms with Crippen LogP contribution in [0, 0.1) is 0 Å². The van der Waals surface area contributed by atoms with E-state index in [9.17, 15) is 19.5 Å². The van der Waals surface area contributed by atoms with Crippen molar-refractivity contribution in [3.8, 4) is 0 Å². The van der Waals surface area contributed by atoms with Gasteiger partial charge in [0.2, 0.25) is 0 Å². The molecule has 7 heteroatoms. The maximum absolute atomic E-state index is 12.5. The van der Waals surface area contributed by atoms with E-state index in [1.165, 1.54) is 19.1 Å². The van der Waals surface area contributed by atoms with Gasteiger partial charge in [0.15, 0.2) is 6.04 Å². The molecule has 23 heavy (non-hydrogen) atoms. The molecule has 1 aromatic carbocycles. The van der Waals surface area contributed by atoms with Crippen LogP contribution in [-0.4, -0.2) is 45.5 Å². The van der Waals surface area contributed by atoms with E-state index in [4.69, 9.17) is 4.74 Å². The topological polar surface area (TPSA) is 83.9 Å². The normalized spacial score (nSPS) is 17.0. The molecule has 2 rings (SSSR count). The van der Waals surface area contributed by atoms with Gasteiger partial charge in [-0.15, -0.1) is 0 Å². The fourth-order valence-corrected chi connectivity index (χ4v) is 2.73. The molecule has 0 unspecified atom stereocenters. The second-order valence-electron chi connectivity index (χ2n) is 6.39. The van der Waals surface area contributed by atoms with Crippen LogP contribution in [0.15, 0.2) is 22.7 Å². The van der Waals surface area contributed by atoms with Crippen LogP contribution in [0.5, 0.6) is 0 Å². The molecule has 0 saturated heterocycles. The fraction of sp³-hybridized carbons (Fsp3) is 0.438. The number of amides is 2. The molecule has 0 fully saturated rings. The molecule has 0 radical (unpaired) electrons. The number of aliphatic hydroxyl groups excluding tert-OH is 1. The summed E-state index contributed by atoms with van der Waals surface area (Å²) < 4.78 is 5.88. The average Bonchev–Trinajstić information content (AvgIpc) is 2.61. The first-order chi connectivity index (χ1) is 10.5. The Morgan fingerprint density at radius 3 is 2.30 bits per heavy atom. The molecular formula is C16H18BrNO5. The second-order valence-corrected chi connectivity index (χ2v) is 7.30. The number of carbonyl (C=O) groups is 3. The molecule has 1 N–H and O–H groups in total. The van der Waals surface area contributed by atoms with Crippen LogP contribution < -0.4 is 0 Å². The van der Waals surface area contributed by atoms with Crippen molar-refractivity contribution in [2.45, 2.75) is 45.4 Å². The minimum atomic E-state index is -1.39. The van der Waals surface area contributed by atoms with Gasteiger partial charge in [0.1, 0.15) is 5.60 Å². The lowest BCUT2D eigenvalue weighted by Gasteiger charge is -2.30. The summed E-state index contributed by atoms with van der Waals surface area (Å²) in [5.41, 5.74) is -0.405. The van der Waals surface area contributed by atoms with Crippen molar-refractivity contribution in [1.29, 1.82) is 0 Å². The van der Waals surface area contributed by atoms with Crippen molar-refractivity contribution in [2.24, 2.45) is 0 Å². The summed E-state index contributed by atoms with van der Waals surface area (Å²) in [5, 5.41) is 9.95. The zero-order valence-corrected chi connectivity index (χ0v) is 14.9. The van der Waals surface area contributed by atoms with Crippen LogP contribution in [-0.2, 0) is 9.53 Å². The van der Waals surface area contributed by atoms with Crippen molar-refractivity contribution in [3.63, 3.8) is 0 Å². The van der Waals surface area contributed by atoms with Gasteiger partial charge in [-0.1, -0.05) is 15.9 Å². The number of hydrogen-bond acceptors (Lipinski definition) is 5. The molecule has 6 nitrogen and oxygen atoms in total. The molecule has 2 amide bonds. The number of ether oxygens (including phenoxy) is 1. The summed E-state index contributed by atoms with van der Waals surface area (Å²) >= 11 is 3.24. The molecule has 2 atom stereocenters. The van der Waals surface area contributed by atoms with Crippen molar-refractivity contribution >= 4 is 33.7 Å². The summed E-state index contributed by atoms with van der Waals surface area (Å²) in [5.74, 6) is -2.06. The lowest BCUT2D eigenvalue weighted by atomic mass is 10.1. The predicted molar refractivity (Wildman–Crippen MR) is 86.0 cm³/mol. The number of esters is 1. The average molecular weight is 384 g/mol. The Morgan fingerprint density at radius 1 is 1.22 bits per heavy atom. The summed E-state index contributed by atoms with van der Waals surface area (Å²) in [7, 11) is 0. The summed E-state index contributed by atoms with van der Waals surface area (Å²) in [6.07, 6.45) is -1.25. The standard InChI is InChI=1S/C16H18BrNO5/c1-8(19)12(15(22)23-16(2,3)4)18-13(20)10-6-5-9(17)7-11(10)14(18)21/h5-8,12,19H,1-4H3/t8-,12+/m1/s1. The highest BCUT2D eigenvalue weighted by molar-refractivity contribution is 9.10. The van der Waals surface area contributed by atoms with E-state index in [-0.39, 0.29) is 11.1 Å². The van der Waals surface area contributed by atoms with Crippen LogP contribution in [0.25, 0.3) is 0 Å². The second kappa shape index (κ2) is 6.05. The van der Waals surface area contributed by atoms with Gasteiger partial charge in [-0.25, -0.2) is 4.79 Å². The zero-order valence-electron chi connectivity index (χ0n) is 13.3. The zero-order chi connectivity index (χ0) is 17.5. The van der Waals surface area contributed by atoms with Crippen LogP contribution in [0.2, 0.25) is 0 Å². The van der Waals surface area contributed by atoms with Gasteiger partial charge in [-0.2, -0.15) is 0 Å². The van der Waals surface area contributed by atoms with Gasteiger partial charge in [0.05, 0.1) is 17.2 Å². The smallest absolute Gasteiger partial charge is 0.332 e. The summed E-state index contributed by atoms with van der Waals surface area (Å²) in [6.45, 7) is 6.35. The number of benzene rings is 1. The number of halogens is 1. The third-order valence-corrected chi connectivity index (χ3v) is 3.76. The first kappa shape index (κ1) is 17.6. The van der Waals surface area contributed by atoms with Gasteiger partial charge >= 0.3 is 5.97 Å². The van der Waals surface area contributed by atoms with Gasteiger partial charge < -0.3 is 9.84 Å². The van der Waals surface area contributed by atoms with E-state index in [2.05, 4.69) is 15.9 Å². The van der Waals surface area contributed by atoms with Gasteiger partial charge in [-0.3, -0.25) is 14.5 Å². The van der Waals surface area contributed by atoms with Crippen LogP contribution in [0.4, 0.5) is 0 Å². The van der Waals surface area contributed by atoms with Crippen molar-refractivity contribution < 1.29 is 24.2 Å². The van der Waals surface area contributed by atoms with Gasteiger partial charge in [-0.05, 0) is 45.9 Å². The van der Waals surface area contributed by atoms with Crippen molar-refractivity contribution in [2.75, 3.05) is 0 Å². The molecule has 1 heterocycles. The van der Waals surface area contributed by atoms with E-state index >= 15 is 0 Å². The maximum Gasteiger partial charge on any atom is 0.332 e. The Morgan fingerprint density at radius 2 is 1.78 bits per heavy atom.